The van der Waals surface area contributed by atoms with Crippen LogP contribution >= 0.6 is 0 Å². The van der Waals surface area contributed by atoms with E-state index in [0.717, 1.165) is 19.5 Å². The second-order valence-electron chi connectivity index (χ2n) is 5.88. The van der Waals surface area contributed by atoms with Crippen molar-refractivity contribution in [3.05, 3.63) is 0 Å². The summed E-state index contributed by atoms with van der Waals surface area (Å²) in [6, 6.07) is 0. The molecule has 0 aromatic carbocycles. The Morgan fingerprint density at radius 2 is 1.95 bits per heavy atom. The number of carbonyl (C=O) groups excluding carboxylic acids is 1. The van der Waals surface area contributed by atoms with E-state index in [4.69, 9.17) is 0 Å². The van der Waals surface area contributed by atoms with Gasteiger partial charge in [-0.05, 0) is 19.9 Å². The Labute approximate surface area is 120 Å². The van der Waals surface area contributed by atoms with Crippen LogP contribution in [-0.4, -0.2) is 81.1 Å². The maximum atomic E-state index is 12.1. The van der Waals surface area contributed by atoms with Gasteiger partial charge in [0.05, 0.1) is 12.8 Å². The highest BCUT2D eigenvalue weighted by molar-refractivity contribution is 7.88. The Morgan fingerprint density at radius 1 is 1.30 bits per heavy atom. The van der Waals surface area contributed by atoms with Crippen molar-refractivity contribution in [1.29, 1.82) is 0 Å². The van der Waals surface area contributed by atoms with Gasteiger partial charge in [-0.1, -0.05) is 0 Å². The number of amides is 1. The molecule has 2 N–H and O–H groups in total. The zero-order valence-corrected chi connectivity index (χ0v) is 13.0. The summed E-state index contributed by atoms with van der Waals surface area (Å²) in [6.45, 7) is 6.02. The molecule has 8 heteroatoms. The maximum absolute atomic E-state index is 12.1. The average Bonchev–Trinajstić information content (AvgIpc) is 2.83. The maximum Gasteiger partial charge on any atom is 0.236 e. The van der Waals surface area contributed by atoms with Crippen LogP contribution in [0.5, 0.6) is 0 Å². The van der Waals surface area contributed by atoms with E-state index in [1.165, 1.54) is 10.6 Å². The molecule has 20 heavy (non-hydrogen) atoms. The third-order valence-electron chi connectivity index (χ3n) is 4.10. The van der Waals surface area contributed by atoms with Gasteiger partial charge in [-0.3, -0.25) is 4.79 Å². The molecule has 1 atom stereocenters. The van der Waals surface area contributed by atoms with Gasteiger partial charge in [0.1, 0.15) is 0 Å². The van der Waals surface area contributed by atoms with E-state index in [1.807, 2.05) is 0 Å². The predicted octanol–water partition coefficient (Wildman–Crippen LogP) is -1.57. The summed E-state index contributed by atoms with van der Waals surface area (Å²) >= 11 is 0. The molecule has 2 saturated heterocycles. The first-order valence-corrected chi connectivity index (χ1v) is 8.84. The lowest BCUT2D eigenvalue weighted by Crippen LogP contribution is -2.54. The molecule has 0 spiro atoms. The molecule has 0 aliphatic carbocycles. The van der Waals surface area contributed by atoms with Crippen molar-refractivity contribution in [2.24, 2.45) is 0 Å². The first kappa shape index (κ1) is 15.7. The van der Waals surface area contributed by atoms with Gasteiger partial charge in [-0.15, -0.1) is 0 Å². The molecule has 2 rings (SSSR count). The van der Waals surface area contributed by atoms with Gasteiger partial charge in [0.25, 0.3) is 0 Å². The van der Waals surface area contributed by atoms with Crippen LogP contribution in [0.3, 0.4) is 0 Å². The molecular weight excluding hydrogens is 280 g/mol. The fourth-order valence-corrected chi connectivity index (χ4v) is 3.46. The zero-order chi connectivity index (χ0) is 14.8. The summed E-state index contributed by atoms with van der Waals surface area (Å²) in [7, 11) is -3.14. The smallest absolute Gasteiger partial charge is 0.236 e. The van der Waals surface area contributed by atoms with Crippen LogP contribution in [0, 0.1) is 0 Å². The number of piperazine rings is 1. The molecule has 0 radical (unpaired) electrons. The van der Waals surface area contributed by atoms with Gasteiger partial charge in [-0.2, -0.15) is 4.31 Å². The molecule has 0 bridgehead atoms. The van der Waals surface area contributed by atoms with Gasteiger partial charge >= 0.3 is 0 Å². The van der Waals surface area contributed by atoms with Gasteiger partial charge < -0.3 is 15.5 Å². The minimum Gasteiger partial charge on any atom is -0.339 e. The number of sulfonamides is 1. The lowest BCUT2D eigenvalue weighted by atomic mass is 10.0. The third kappa shape index (κ3) is 3.91. The van der Waals surface area contributed by atoms with Crippen molar-refractivity contribution in [3.8, 4) is 0 Å². The summed E-state index contributed by atoms with van der Waals surface area (Å²) < 4.78 is 24.2. The molecular formula is C12H24N4O3S. The SMILES string of the molecule is CC1(NCC(=O)N2CCN(S(C)(=O)=O)CC2)CCNC1. The minimum atomic E-state index is -3.14. The number of nitrogens with zero attached hydrogens (tertiary/aromatic N) is 2. The van der Waals surface area contributed by atoms with E-state index in [0.29, 0.717) is 32.7 Å². The first-order valence-electron chi connectivity index (χ1n) is 6.99. The second kappa shape index (κ2) is 5.97. The highest BCUT2D eigenvalue weighted by Crippen LogP contribution is 2.13. The molecule has 116 valence electrons. The summed E-state index contributed by atoms with van der Waals surface area (Å²) in [4.78, 5) is 13.9. The van der Waals surface area contributed by atoms with Crippen molar-refractivity contribution in [2.75, 3.05) is 52.1 Å². The van der Waals surface area contributed by atoms with Crippen molar-refractivity contribution in [2.45, 2.75) is 18.9 Å². The van der Waals surface area contributed by atoms with Crippen LogP contribution in [0.1, 0.15) is 13.3 Å². The van der Waals surface area contributed by atoms with E-state index >= 15 is 0 Å². The highest BCUT2D eigenvalue weighted by Gasteiger charge is 2.30. The van der Waals surface area contributed by atoms with Crippen molar-refractivity contribution >= 4 is 15.9 Å². The Bertz CT molecular complexity index is 451. The minimum absolute atomic E-state index is 0.00968. The topological polar surface area (TPSA) is 81.8 Å². The van der Waals surface area contributed by atoms with E-state index < -0.39 is 10.0 Å². The molecule has 1 unspecified atom stereocenters. The van der Waals surface area contributed by atoms with Crippen LogP contribution in [0.25, 0.3) is 0 Å². The summed E-state index contributed by atoms with van der Waals surface area (Å²) in [5, 5.41) is 6.59. The molecule has 2 fully saturated rings. The van der Waals surface area contributed by atoms with Crippen LogP contribution in [-0.2, 0) is 14.8 Å². The molecule has 0 saturated carbocycles. The Kier molecular flexibility index (Phi) is 4.68. The molecule has 0 aromatic heterocycles. The van der Waals surface area contributed by atoms with Crippen molar-refractivity contribution < 1.29 is 13.2 Å². The predicted molar refractivity (Wildman–Crippen MR) is 76.9 cm³/mol. The summed E-state index contributed by atoms with van der Waals surface area (Å²) in [6.07, 6.45) is 2.22. The van der Waals surface area contributed by atoms with Crippen molar-refractivity contribution in [3.63, 3.8) is 0 Å². The van der Waals surface area contributed by atoms with Crippen LogP contribution < -0.4 is 10.6 Å². The normalized spacial score (nSPS) is 28.8. The molecule has 0 aromatic rings. The third-order valence-corrected chi connectivity index (χ3v) is 5.40. The molecule has 7 nitrogen and oxygen atoms in total. The van der Waals surface area contributed by atoms with Crippen LogP contribution in [0.4, 0.5) is 0 Å². The quantitative estimate of drug-likeness (QED) is 0.656. The van der Waals surface area contributed by atoms with Gasteiger partial charge in [0.2, 0.25) is 15.9 Å². The number of hydrogen-bond donors (Lipinski definition) is 2. The number of nitrogens with one attached hydrogen (secondary N) is 2. The highest BCUT2D eigenvalue weighted by atomic mass is 32.2. The standard InChI is InChI=1S/C12H24N4O3S/c1-12(3-4-13-10-12)14-9-11(17)15-5-7-16(8-6-15)20(2,18)19/h13-14H,3-10H2,1-2H3. The first-order chi connectivity index (χ1) is 9.30. The fourth-order valence-electron chi connectivity index (χ4n) is 2.64. The van der Waals surface area contributed by atoms with Crippen molar-refractivity contribution in [1.82, 2.24) is 19.8 Å². The molecule has 2 aliphatic rings. The van der Waals surface area contributed by atoms with Gasteiger partial charge in [0.15, 0.2) is 0 Å². The number of hydrogen-bond acceptors (Lipinski definition) is 5. The molecule has 2 heterocycles. The lowest BCUT2D eigenvalue weighted by Gasteiger charge is -2.34. The second-order valence-corrected chi connectivity index (χ2v) is 7.87. The number of rotatable bonds is 4. The van der Waals surface area contributed by atoms with Crippen LogP contribution in [0.15, 0.2) is 0 Å². The lowest BCUT2D eigenvalue weighted by molar-refractivity contribution is -0.131. The fraction of sp³-hybridized carbons (Fsp3) is 0.917. The molecule has 2 aliphatic heterocycles. The Morgan fingerprint density at radius 3 is 2.45 bits per heavy atom. The zero-order valence-electron chi connectivity index (χ0n) is 12.2. The van der Waals surface area contributed by atoms with E-state index in [9.17, 15) is 13.2 Å². The van der Waals surface area contributed by atoms with E-state index in [1.54, 1.807) is 4.90 Å². The van der Waals surface area contributed by atoms with Crippen LogP contribution in [0.2, 0.25) is 0 Å². The summed E-state index contributed by atoms with van der Waals surface area (Å²) in [5.41, 5.74) is -0.00968. The Balaban J connectivity index is 1.77. The summed E-state index contributed by atoms with van der Waals surface area (Å²) in [5.74, 6) is 0.0475. The van der Waals surface area contributed by atoms with E-state index in [-0.39, 0.29) is 11.4 Å². The van der Waals surface area contributed by atoms with Gasteiger partial charge in [-0.25, -0.2) is 8.42 Å². The van der Waals surface area contributed by atoms with E-state index in [2.05, 4.69) is 17.6 Å². The number of carbonyl (C=O) groups is 1. The average molecular weight is 304 g/mol. The van der Waals surface area contributed by atoms with Gasteiger partial charge in [0, 0.05) is 38.3 Å². The largest absolute Gasteiger partial charge is 0.339 e. The Hall–Kier alpha value is -0.700. The molecule has 1 amide bonds. The monoisotopic (exact) mass is 304 g/mol.